The number of nitrogens with one attached hydrogen (secondary N) is 2. The maximum Gasteiger partial charge on any atom is 0.301 e. The van der Waals surface area contributed by atoms with Crippen molar-refractivity contribution in [1.29, 1.82) is 0 Å². The van der Waals surface area contributed by atoms with Crippen LogP contribution < -0.4 is 9.03 Å². The molecule has 0 aliphatic carbocycles. The highest BCUT2D eigenvalue weighted by Gasteiger charge is 2.20. The van der Waals surface area contributed by atoms with Gasteiger partial charge in [-0.3, -0.25) is 9.03 Å². The van der Waals surface area contributed by atoms with Gasteiger partial charge in [-0.05, 0) is 41.5 Å². The van der Waals surface area contributed by atoms with Crippen molar-refractivity contribution in [3.8, 4) is 22.3 Å². The quantitative estimate of drug-likeness (QED) is 0.306. The van der Waals surface area contributed by atoms with Crippen LogP contribution in [-0.2, 0) is 20.2 Å². The lowest BCUT2D eigenvalue weighted by Gasteiger charge is -2.17. The van der Waals surface area contributed by atoms with Gasteiger partial charge in [0.15, 0.2) is 0 Å². The number of aromatic nitrogens is 2. The topological polar surface area (TPSA) is 115 Å². The predicted molar refractivity (Wildman–Crippen MR) is 154 cm³/mol. The molecular weight excluding hydrogens is 522 g/mol. The summed E-state index contributed by atoms with van der Waals surface area (Å²) in [5.74, 6) is 0. The molecule has 2 heterocycles. The van der Waals surface area contributed by atoms with Gasteiger partial charge < -0.3 is 4.98 Å². The van der Waals surface area contributed by atoms with E-state index in [0.29, 0.717) is 17.0 Å². The molecule has 5 rings (SSSR count). The van der Waals surface area contributed by atoms with Crippen LogP contribution >= 0.6 is 0 Å². The highest BCUT2D eigenvalue weighted by molar-refractivity contribution is 7.92. The fourth-order valence-electron chi connectivity index (χ4n) is 4.33. The summed E-state index contributed by atoms with van der Waals surface area (Å²) in [6, 6.07) is 22.5. The number of sulfonamides is 1. The fraction of sp³-hybridized carbons (Fsp3) is 0.148. The van der Waals surface area contributed by atoms with Crippen LogP contribution in [0.2, 0.25) is 0 Å². The van der Waals surface area contributed by atoms with Crippen molar-refractivity contribution in [3.05, 3.63) is 79.0 Å². The smallest absolute Gasteiger partial charge is 0.301 e. The fourth-order valence-corrected chi connectivity index (χ4v) is 5.44. The molecule has 38 heavy (non-hydrogen) atoms. The number of anilines is 2. The first-order chi connectivity index (χ1) is 18.0. The highest BCUT2D eigenvalue weighted by atomic mass is 32.2. The third kappa shape index (κ3) is 4.71. The monoisotopic (exact) mass is 549 g/mol. The summed E-state index contributed by atoms with van der Waals surface area (Å²) in [6.45, 7) is 0. The Bertz CT molecular complexity index is 1870. The zero-order chi connectivity index (χ0) is 27.2. The molecule has 0 amide bonds. The van der Waals surface area contributed by atoms with Gasteiger partial charge in [0.05, 0.1) is 17.6 Å². The third-order valence-corrected chi connectivity index (χ3v) is 9.11. The second-order valence-electron chi connectivity index (χ2n) is 9.19. The summed E-state index contributed by atoms with van der Waals surface area (Å²) in [5.41, 5.74) is 6.09. The van der Waals surface area contributed by atoms with Gasteiger partial charge >= 0.3 is 10.2 Å². The Morgan fingerprint density at radius 2 is 1.53 bits per heavy atom. The normalized spacial score (nSPS) is 12.3. The molecule has 5 aromatic rings. The van der Waals surface area contributed by atoms with Gasteiger partial charge in [-0.2, -0.15) is 12.7 Å². The number of fused-ring (bicyclic) bond motifs is 3. The number of H-pyrrole nitrogens is 1. The minimum absolute atomic E-state index is 0.435. The average molecular weight is 550 g/mol. The number of nitrogens with zero attached hydrogens (tertiary/aromatic N) is 3. The van der Waals surface area contributed by atoms with Crippen LogP contribution in [0.5, 0.6) is 0 Å². The summed E-state index contributed by atoms with van der Waals surface area (Å²) < 4.78 is 53.8. The molecule has 0 saturated heterocycles. The Kier molecular flexibility index (Phi) is 6.38. The Hall–Kier alpha value is -3.93. The van der Waals surface area contributed by atoms with E-state index < -0.39 is 20.2 Å². The number of aromatic amines is 1. The molecule has 0 aliphatic heterocycles. The van der Waals surface area contributed by atoms with Gasteiger partial charge in [0.1, 0.15) is 5.65 Å². The highest BCUT2D eigenvalue weighted by Crippen LogP contribution is 2.41. The van der Waals surface area contributed by atoms with Crippen molar-refractivity contribution in [3.63, 3.8) is 0 Å². The lowest BCUT2D eigenvalue weighted by atomic mass is 9.92. The molecule has 0 radical (unpaired) electrons. The van der Waals surface area contributed by atoms with E-state index in [4.69, 9.17) is 4.98 Å². The molecular formula is C27H27N5O4S2. The number of hydrogen-bond acceptors (Lipinski definition) is 5. The van der Waals surface area contributed by atoms with Crippen molar-refractivity contribution < 1.29 is 16.8 Å². The zero-order valence-electron chi connectivity index (χ0n) is 21.3. The first-order valence-corrected chi connectivity index (χ1v) is 15.0. The number of hydrogen-bond donors (Lipinski definition) is 2. The first-order valence-electron chi connectivity index (χ1n) is 11.7. The van der Waals surface area contributed by atoms with Gasteiger partial charge in [0, 0.05) is 54.8 Å². The molecule has 0 aliphatic rings. The molecule has 196 valence electrons. The third-order valence-electron chi connectivity index (χ3n) is 6.45. The minimum Gasteiger partial charge on any atom is -0.339 e. The average Bonchev–Trinajstić information content (AvgIpc) is 3.25. The number of pyridine rings is 1. The van der Waals surface area contributed by atoms with Crippen LogP contribution in [0.25, 0.3) is 44.2 Å². The maximum absolute atomic E-state index is 12.5. The van der Waals surface area contributed by atoms with Gasteiger partial charge in [-0.1, -0.05) is 42.5 Å². The van der Waals surface area contributed by atoms with E-state index in [1.54, 1.807) is 30.5 Å². The summed E-state index contributed by atoms with van der Waals surface area (Å²) in [6.07, 6.45) is 2.96. The van der Waals surface area contributed by atoms with Crippen molar-refractivity contribution in [2.45, 2.75) is 0 Å². The zero-order valence-corrected chi connectivity index (χ0v) is 22.9. The lowest BCUT2D eigenvalue weighted by molar-refractivity contribution is 0.527. The SMILES string of the molecule is CN(c1ccc(-c2cnc3[nH]c4ccc(NS(=O)(=O)N(C)C)cc4c3c2-c2ccccc2)cc1)S(C)(=O)=O. The molecule has 0 bridgehead atoms. The van der Waals surface area contributed by atoms with E-state index in [2.05, 4.69) is 9.71 Å². The summed E-state index contributed by atoms with van der Waals surface area (Å²) in [5, 5.41) is 1.67. The first kappa shape index (κ1) is 25.7. The Morgan fingerprint density at radius 1 is 0.842 bits per heavy atom. The van der Waals surface area contributed by atoms with Crippen LogP contribution in [0.3, 0.4) is 0 Å². The van der Waals surface area contributed by atoms with Crippen LogP contribution in [0.1, 0.15) is 0 Å². The Labute approximate surface area is 222 Å². The molecule has 0 saturated carbocycles. The van der Waals surface area contributed by atoms with Crippen molar-refractivity contribution >= 4 is 53.5 Å². The van der Waals surface area contributed by atoms with E-state index in [9.17, 15) is 16.8 Å². The Balaban J connectivity index is 1.74. The molecule has 0 spiro atoms. The van der Waals surface area contributed by atoms with E-state index >= 15 is 0 Å². The molecule has 0 fully saturated rings. The van der Waals surface area contributed by atoms with Crippen LogP contribution in [-0.4, -0.2) is 58.5 Å². The Morgan fingerprint density at radius 3 is 2.16 bits per heavy atom. The van der Waals surface area contributed by atoms with Gasteiger partial charge in [-0.25, -0.2) is 13.4 Å². The molecule has 2 N–H and O–H groups in total. The molecule has 0 unspecified atom stereocenters. The van der Waals surface area contributed by atoms with Crippen LogP contribution in [0.15, 0.2) is 79.0 Å². The standard InChI is InChI=1S/C27H27N5O4S2/c1-31(2)38(35,36)30-20-12-15-24-22(16-20)26-25(19-8-6-5-7-9-19)23(17-28-27(26)29-24)18-10-13-21(14-11-18)32(3)37(4,33)34/h5-17,30H,1-4H3,(H,28,29). The van der Waals surface area contributed by atoms with Gasteiger partial charge in [-0.15, -0.1) is 0 Å². The second-order valence-corrected chi connectivity index (χ2v) is 13.1. The second kappa shape index (κ2) is 9.43. The van der Waals surface area contributed by atoms with E-state index in [1.165, 1.54) is 25.4 Å². The van der Waals surface area contributed by atoms with Crippen molar-refractivity contribution in [2.75, 3.05) is 36.4 Å². The molecule has 0 atom stereocenters. The van der Waals surface area contributed by atoms with E-state index in [1.807, 2.05) is 48.5 Å². The largest absolute Gasteiger partial charge is 0.339 e. The van der Waals surface area contributed by atoms with E-state index in [-0.39, 0.29) is 0 Å². The van der Waals surface area contributed by atoms with Crippen molar-refractivity contribution in [2.24, 2.45) is 0 Å². The molecule has 3 aromatic carbocycles. The van der Waals surface area contributed by atoms with Gasteiger partial charge in [0.2, 0.25) is 10.0 Å². The number of rotatable bonds is 7. The summed E-state index contributed by atoms with van der Waals surface area (Å²) >= 11 is 0. The van der Waals surface area contributed by atoms with E-state index in [0.717, 1.165) is 49.1 Å². The molecule has 2 aromatic heterocycles. The van der Waals surface area contributed by atoms with Crippen molar-refractivity contribution in [1.82, 2.24) is 14.3 Å². The minimum atomic E-state index is -3.68. The summed E-state index contributed by atoms with van der Waals surface area (Å²) in [4.78, 5) is 8.05. The lowest BCUT2D eigenvalue weighted by Crippen LogP contribution is -2.28. The maximum atomic E-state index is 12.5. The number of benzene rings is 3. The molecule has 11 heteroatoms. The van der Waals surface area contributed by atoms with Gasteiger partial charge in [0.25, 0.3) is 0 Å². The predicted octanol–water partition coefficient (Wildman–Crippen LogP) is 4.66. The molecule has 9 nitrogen and oxygen atoms in total. The van der Waals surface area contributed by atoms with Crippen LogP contribution in [0.4, 0.5) is 11.4 Å². The summed E-state index contributed by atoms with van der Waals surface area (Å²) in [7, 11) is -2.62. The van der Waals surface area contributed by atoms with Crippen LogP contribution in [0, 0.1) is 0 Å².